The number of rotatable bonds is 1. The standard InChI is InChI=1S/C26H19N3O/c1-16-7-6-8-18-19-15-17(13-14-24(19)30-25(16)18)28-22-11-4-5-12-23(22)29-21-10-3-2-9-20(21)27-26(28)29/h2-15,26-27H,1H3. The Labute approximate surface area is 173 Å². The van der Waals surface area contributed by atoms with E-state index in [0.717, 1.165) is 33.5 Å². The maximum atomic E-state index is 6.16. The van der Waals surface area contributed by atoms with Crippen LogP contribution in [-0.4, -0.2) is 6.29 Å². The zero-order valence-corrected chi connectivity index (χ0v) is 16.5. The van der Waals surface area contributed by atoms with E-state index >= 15 is 0 Å². The van der Waals surface area contributed by atoms with Crippen molar-refractivity contribution in [2.75, 3.05) is 15.1 Å². The van der Waals surface area contributed by atoms with E-state index < -0.39 is 0 Å². The van der Waals surface area contributed by atoms with Gasteiger partial charge in [0.25, 0.3) is 0 Å². The number of nitrogens with one attached hydrogen (secondary N) is 1. The van der Waals surface area contributed by atoms with Crippen LogP contribution in [0.4, 0.5) is 28.4 Å². The van der Waals surface area contributed by atoms with Gasteiger partial charge in [0, 0.05) is 16.5 Å². The average molecular weight is 389 g/mol. The molecule has 0 saturated heterocycles. The zero-order valence-electron chi connectivity index (χ0n) is 16.5. The lowest BCUT2D eigenvalue weighted by atomic mass is 10.1. The molecule has 4 aromatic carbocycles. The fourth-order valence-electron chi connectivity index (χ4n) is 4.94. The topological polar surface area (TPSA) is 31.7 Å². The van der Waals surface area contributed by atoms with Crippen molar-refractivity contribution in [2.45, 2.75) is 13.2 Å². The Balaban J connectivity index is 1.45. The summed E-state index contributed by atoms with van der Waals surface area (Å²) in [4.78, 5) is 4.76. The van der Waals surface area contributed by atoms with Crippen molar-refractivity contribution in [3.63, 3.8) is 0 Å². The number of aryl methyl sites for hydroxylation is 1. The normalized spacial score (nSPS) is 16.6. The van der Waals surface area contributed by atoms with Crippen LogP contribution in [0, 0.1) is 6.92 Å². The molecule has 30 heavy (non-hydrogen) atoms. The van der Waals surface area contributed by atoms with E-state index in [1.807, 2.05) is 0 Å². The lowest BCUT2D eigenvalue weighted by Gasteiger charge is -2.27. The van der Waals surface area contributed by atoms with Crippen LogP contribution in [0.5, 0.6) is 0 Å². The molecule has 0 saturated carbocycles. The molecule has 144 valence electrons. The van der Waals surface area contributed by atoms with E-state index in [1.165, 1.54) is 22.4 Å². The van der Waals surface area contributed by atoms with Gasteiger partial charge in [0.2, 0.25) is 0 Å². The maximum Gasteiger partial charge on any atom is 0.187 e. The Morgan fingerprint density at radius 2 is 1.50 bits per heavy atom. The first-order valence-corrected chi connectivity index (χ1v) is 10.2. The first kappa shape index (κ1) is 15.9. The van der Waals surface area contributed by atoms with Crippen molar-refractivity contribution in [3.8, 4) is 0 Å². The van der Waals surface area contributed by atoms with Crippen molar-refractivity contribution < 1.29 is 4.42 Å². The number of hydrogen-bond acceptors (Lipinski definition) is 4. The van der Waals surface area contributed by atoms with Gasteiger partial charge in [-0.15, -0.1) is 0 Å². The molecule has 1 unspecified atom stereocenters. The SMILES string of the molecule is Cc1cccc2c1oc1ccc(N3c4ccccc4N4c5ccccc5NC34)cc12. The van der Waals surface area contributed by atoms with Gasteiger partial charge in [0.1, 0.15) is 11.2 Å². The Morgan fingerprint density at radius 1 is 0.733 bits per heavy atom. The van der Waals surface area contributed by atoms with Gasteiger partial charge in [-0.05, 0) is 55.0 Å². The summed E-state index contributed by atoms with van der Waals surface area (Å²) in [5, 5.41) is 6.02. The van der Waals surface area contributed by atoms with Crippen molar-refractivity contribution in [3.05, 3.63) is 90.5 Å². The van der Waals surface area contributed by atoms with Gasteiger partial charge < -0.3 is 14.6 Å². The first-order chi connectivity index (χ1) is 14.8. The van der Waals surface area contributed by atoms with Gasteiger partial charge in [-0.1, -0.05) is 42.5 Å². The summed E-state index contributed by atoms with van der Waals surface area (Å²) >= 11 is 0. The molecule has 0 amide bonds. The summed E-state index contributed by atoms with van der Waals surface area (Å²) in [6, 6.07) is 30.0. The summed E-state index contributed by atoms with van der Waals surface area (Å²) in [6.45, 7) is 2.10. The predicted octanol–water partition coefficient (Wildman–Crippen LogP) is 6.89. The fraction of sp³-hybridized carbons (Fsp3) is 0.0769. The molecule has 2 aliphatic rings. The molecular formula is C26H19N3O. The number of fused-ring (bicyclic) bond motifs is 8. The van der Waals surface area contributed by atoms with Gasteiger partial charge in [-0.25, -0.2) is 0 Å². The van der Waals surface area contributed by atoms with Crippen LogP contribution in [0.25, 0.3) is 21.9 Å². The summed E-state index contributed by atoms with van der Waals surface area (Å²) in [7, 11) is 0. The third-order valence-corrected chi connectivity index (χ3v) is 6.29. The minimum atomic E-state index is 0.0113. The second-order valence-electron chi connectivity index (χ2n) is 8.00. The number of para-hydroxylation sites is 5. The van der Waals surface area contributed by atoms with Crippen LogP contribution in [0.1, 0.15) is 5.56 Å². The van der Waals surface area contributed by atoms with E-state index in [4.69, 9.17) is 4.42 Å². The zero-order chi connectivity index (χ0) is 19.8. The molecule has 1 aromatic heterocycles. The quantitative estimate of drug-likeness (QED) is 0.338. The Hall–Kier alpha value is -3.92. The average Bonchev–Trinajstić information content (AvgIpc) is 3.42. The molecular weight excluding hydrogens is 370 g/mol. The van der Waals surface area contributed by atoms with Crippen molar-refractivity contribution in [1.29, 1.82) is 0 Å². The number of furan rings is 1. The largest absolute Gasteiger partial charge is 0.456 e. The molecule has 0 radical (unpaired) electrons. The van der Waals surface area contributed by atoms with Crippen LogP contribution in [-0.2, 0) is 0 Å². The van der Waals surface area contributed by atoms with Crippen LogP contribution in [0.3, 0.4) is 0 Å². The molecule has 0 bridgehead atoms. The Morgan fingerprint density at radius 3 is 2.37 bits per heavy atom. The molecule has 5 aromatic rings. The van der Waals surface area contributed by atoms with Gasteiger partial charge in [0.15, 0.2) is 6.29 Å². The molecule has 3 heterocycles. The third-order valence-electron chi connectivity index (χ3n) is 6.29. The first-order valence-electron chi connectivity index (χ1n) is 10.2. The van der Waals surface area contributed by atoms with Crippen LogP contribution in [0.15, 0.2) is 89.3 Å². The third kappa shape index (κ3) is 1.95. The second kappa shape index (κ2) is 5.57. The highest BCUT2D eigenvalue weighted by Crippen LogP contribution is 2.53. The number of benzene rings is 4. The minimum Gasteiger partial charge on any atom is -0.456 e. The minimum absolute atomic E-state index is 0.0113. The summed E-state index contributed by atoms with van der Waals surface area (Å²) in [5.74, 6) is 0. The van der Waals surface area contributed by atoms with Crippen LogP contribution >= 0.6 is 0 Å². The molecule has 0 aliphatic carbocycles. The molecule has 0 fully saturated rings. The summed E-state index contributed by atoms with van der Waals surface area (Å²) in [6.07, 6.45) is 0.0113. The van der Waals surface area contributed by atoms with Crippen LogP contribution < -0.4 is 15.1 Å². The second-order valence-corrected chi connectivity index (χ2v) is 8.00. The smallest absolute Gasteiger partial charge is 0.187 e. The van der Waals surface area contributed by atoms with Crippen molar-refractivity contribution in [2.24, 2.45) is 0 Å². The van der Waals surface area contributed by atoms with E-state index in [0.29, 0.717) is 0 Å². The lowest BCUT2D eigenvalue weighted by molar-refractivity contribution is 0.665. The maximum absolute atomic E-state index is 6.16. The molecule has 7 rings (SSSR count). The highest BCUT2D eigenvalue weighted by Gasteiger charge is 2.42. The molecule has 4 heteroatoms. The van der Waals surface area contributed by atoms with E-state index in [1.54, 1.807) is 0 Å². The Kier molecular flexibility index (Phi) is 2.96. The molecule has 4 nitrogen and oxygen atoms in total. The fourth-order valence-corrected chi connectivity index (χ4v) is 4.94. The van der Waals surface area contributed by atoms with Crippen molar-refractivity contribution in [1.82, 2.24) is 0 Å². The molecule has 2 aliphatic heterocycles. The number of nitrogens with zero attached hydrogens (tertiary/aromatic N) is 2. The van der Waals surface area contributed by atoms with Gasteiger partial charge in [-0.3, -0.25) is 4.90 Å². The predicted molar refractivity (Wildman–Crippen MR) is 123 cm³/mol. The highest BCUT2D eigenvalue weighted by molar-refractivity contribution is 6.07. The van der Waals surface area contributed by atoms with Crippen LogP contribution in [0.2, 0.25) is 0 Å². The van der Waals surface area contributed by atoms with Gasteiger partial charge in [0.05, 0.1) is 22.7 Å². The molecule has 0 spiro atoms. The van der Waals surface area contributed by atoms with E-state index in [-0.39, 0.29) is 6.29 Å². The molecule has 1 atom stereocenters. The summed E-state index contributed by atoms with van der Waals surface area (Å²) < 4.78 is 6.16. The monoisotopic (exact) mass is 389 g/mol. The van der Waals surface area contributed by atoms with Gasteiger partial charge >= 0.3 is 0 Å². The lowest BCUT2D eigenvalue weighted by Crippen LogP contribution is -2.40. The molecule has 1 N–H and O–H groups in total. The van der Waals surface area contributed by atoms with E-state index in [9.17, 15) is 0 Å². The van der Waals surface area contributed by atoms with E-state index in [2.05, 4.69) is 107 Å². The number of anilines is 5. The Bertz CT molecular complexity index is 1470. The highest BCUT2D eigenvalue weighted by atomic mass is 16.3. The van der Waals surface area contributed by atoms with Crippen molar-refractivity contribution >= 4 is 50.4 Å². The number of hydrogen-bond donors (Lipinski definition) is 1. The van der Waals surface area contributed by atoms with Gasteiger partial charge in [-0.2, -0.15) is 0 Å². The summed E-state index contributed by atoms with van der Waals surface area (Å²) in [5.41, 5.74) is 8.99.